The summed E-state index contributed by atoms with van der Waals surface area (Å²) in [6, 6.07) is 28.5. The maximum absolute atomic E-state index is 13.3. The average Bonchev–Trinajstić information content (AvgIpc) is 3.54. The van der Waals surface area contributed by atoms with Crippen LogP contribution < -0.4 is 16.0 Å². The number of thioether (sulfide) groups is 1. The molecule has 1 aromatic heterocycles. The van der Waals surface area contributed by atoms with Gasteiger partial charge in [-0.25, -0.2) is 4.98 Å². The normalized spacial score (nSPS) is 11.0. The Labute approximate surface area is 276 Å². The summed E-state index contributed by atoms with van der Waals surface area (Å²) in [6.07, 6.45) is 1.51. The van der Waals surface area contributed by atoms with E-state index in [0.717, 1.165) is 4.90 Å². The summed E-state index contributed by atoms with van der Waals surface area (Å²) < 4.78 is 0. The third-order valence-corrected chi connectivity index (χ3v) is 8.43. The van der Waals surface area contributed by atoms with Gasteiger partial charge >= 0.3 is 0 Å². The Kier molecular flexibility index (Phi) is 10.6. The van der Waals surface area contributed by atoms with Crippen LogP contribution in [-0.4, -0.2) is 33.4 Å². The maximum atomic E-state index is 13.3. The summed E-state index contributed by atoms with van der Waals surface area (Å²) in [5.74, 6) is -1.16. The molecule has 0 saturated carbocycles. The van der Waals surface area contributed by atoms with Gasteiger partial charge in [0.2, 0.25) is 5.91 Å². The summed E-state index contributed by atoms with van der Waals surface area (Å²) in [5.41, 5.74) is 2.51. The number of thiazole rings is 1. The SMILES string of the molecule is O=C(CSc1ccc(NC(=O)/C(=C/c2ccccc2Cl)NC(=O)c2ccccc2)cc1)Nc1nc(-c2cccc([N+](=O)[O-])c2)cs1. The molecule has 0 unspecified atom stereocenters. The Morgan fingerprint density at radius 2 is 1.65 bits per heavy atom. The quantitative estimate of drug-likeness (QED) is 0.0571. The Morgan fingerprint density at radius 1 is 0.913 bits per heavy atom. The van der Waals surface area contributed by atoms with E-state index in [1.807, 2.05) is 0 Å². The van der Waals surface area contributed by atoms with Gasteiger partial charge < -0.3 is 16.0 Å². The van der Waals surface area contributed by atoms with Crippen LogP contribution in [0.2, 0.25) is 5.02 Å². The number of nitrogens with one attached hydrogen (secondary N) is 3. The lowest BCUT2D eigenvalue weighted by atomic mass is 10.1. The number of halogens is 1. The number of nitro groups is 1. The van der Waals surface area contributed by atoms with E-state index in [9.17, 15) is 24.5 Å². The number of hydrogen-bond donors (Lipinski definition) is 3. The molecular formula is C33H24ClN5O5S2. The van der Waals surface area contributed by atoms with Gasteiger partial charge in [-0.1, -0.05) is 60.1 Å². The molecule has 10 nitrogen and oxygen atoms in total. The zero-order valence-electron chi connectivity index (χ0n) is 23.8. The van der Waals surface area contributed by atoms with Crippen molar-refractivity contribution in [1.82, 2.24) is 10.3 Å². The number of hydrogen-bond acceptors (Lipinski definition) is 8. The van der Waals surface area contributed by atoms with Gasteiger partial charge in [0.25, 0.3) is 17.5 Å². The lowest BCUT2D eigenvalue weighted by Crippen LogP contribution is -2.30. The summed E-state index contributed by atoms with van der Waals surface area (Å²) in [5, 5.41) is 21.8. The van der Waals surface area contributed by atoms with Gasteiger partial charge in [-0.05, 0) is 54.1 Å². The molecule has 0 saturated heterocycles. The molecule has 0 aliphatic rings. The first-order valence-corrected chi connectivity index (χ1v) is 15.9. The molecule has 3 amide bonds. The molecule has 0 aliphatic carbocycles. The van der Waals surface area contributed by atoms with Crippen molar-refractivity contribution in [2.45, 2.75) is 4.90 Å². The number of benzene rings is 4. The number of anilines is 2. The fourth-order valence-electron chi connectivity index (χ4n) is 4.07. The van der Waals surface area contributed by atoms with E-state index in [2.05, 4.69) is 20.9 Å². The summed E-state index contributed by atoms with van der Waals surface area (Å²) >= 11 is 8.81. The van der Waals surface area contributed by atoms with E-state index in [1.165, 1.54) is 41.3 Å². The number of aromatic nitrogens is 1. The van der Waals surface area contributed by atoms with Gasteiger partial charge in [0, 0.05) is 44.2 Å². The molecule has 5 rings (SSSR count). The fourth-order valence-corrected chi connectivity index (χ4v) is 5.69. The Bertz CT molecular complexity index is 1930. The highest BCUT2D eigenvalue weighted by atomic mass is 35.5. The van der Waals surface area contributed by atoms with Crippen LogP contribution in [0.5, 0.6) is 0 Å². The number of carbonyl (C=O) groups is 3. The van der Waals surface area contributed by atoms with Crippen molar-refractivity contribution in [3.8, 4) is 11.3 Å². The zero-order chi connectivity index (χ0) is 32.5. The molecule has 0 spiro atoms. The van der Waals surface area contributed by atoms with Crippen LogP contribution in [0.3, 0.4) is 0 Å². The van der Waals surface area contributed by atoms with Crippen LogP contribution >= 0.6 is 34.7 Å². The minimum Gasteiger partial charge on any atom is -0.321 e. The Hall–Kier alpha value is -5.30. The standard InChI is InChI=1S/C33H24ClN5O5S2/c34-27-12-5-4-9-22(27)18-28(36-31(41)21-7-2-1-3-8-21)32(42)35-24-13-15-26(16-14-24)45-20-30(40)38-33-37-29(19-46-33)23-10-6-11-25(17-23)39(43)44/h1-19H,20H2,(H,35,42)(H,36,41)(H,37,38,40)/b28-18-. The zero-order valence-corrected chi connectivity index (χ0v) is 26.2. The molecule has 1 heterocycles. The highest BCUT2D eigenvalue weighted by molar-refractivity contribution is 8.00. The molecule has 0 fully saturated rings. The number of carbonyl (C=O) groups excluding carboxylic acids is 3. The Balaban J connectivity index is 1.18. The number of nitro benzene ring substituents is 1. The van der Waals surface area contributed by atoms with Crippen molar-refractivity contribution in [3.05, 3.63) is 140 Å². The summed E-state index contributed by atoms with van der Waals surface area (Å²) in [7, 11) is 0. The van der Waals surface area contributed by atoms with Crippen LogP contribution in [0.25, 0.3) is 17.3 Å². The molecule has 230 valence electrons. The molecule has 13 heteroatoms. The summed E-state index contributed by atoms with van der Waals surface area (Å²) in [4.78, 5) is 54.4. The van der Waals surface area contributed by atoms with Crippen LogP contribution in [0.1, 0.15) is 15.9 Å². The van der Waals surface area contributed by atoms with E-state index in [4.69, 9.17) is 11.6 Å². The second kappa shape index (κ2) is 15.1. The number of amides is 3. The topological polar surface area (TPSA) is 143 Å². The number of rotatable bonds is 11. The molecular weight excluding hydrogens is 646 g/mol. The predicted molar refractivity (Wildman–Crippen MR) is 182 cm³/mol. The van der Waals surface area contributed by atoms with Crippen molar-refractivity contribution in [2.24, 2.45) is 0 Å². The van der Waals surface area contributed by atoms with E-state index >= 15 is 0 Å². The van der Waals surface area contributed by atoms with E-state index in [1.54, 1.807) is 96.4 Å². The van der Waals surface area contributed by atoms with Crippen molar-refractivity contribution in [2.75, 3.05) is 16.4 Å². The maximum Gasteiger partial charge on any atom is 0.272 e. The predicted octanol–water partition coefficient (Wildman–Crippen LogP) is 7.51. The van der Waals surface area contributed by atoms with Gasteiger partial charge in [-0.3, -0.25) is 24.5 Å². The highest BCUT2D eigenvalue weighted by Crippen LogP contribution is 2.28. The molecule has 4 aromatic carbocycles. The van der Waals surface area contributed by atoms with Crippen molar-refractivity contribution < 1.29 is 19.3 Å². The van der Waals surface area contributed by atoms with Crippen molar-refractivity contribution in [3.63, 3.8) is 0 Å². The largest absolute Gasteiger partial charge is 0.321 e. The van der Waals surface area contributed by atoms with Gasteiger partial charge in [0.05, 0.1) is 16.4 Å². The monoisotopic (exact) mass is 669 g/mol. The molecule has 46 heavy (non-hydrogen) atoms. The molecule has 0 bridgehead atoms. The van der Waals surface area contributed by atoms with Crippen LogP contribution in [0.4, 0.5) is 16.5 Å². The average molecular weight is 670 g/mol. The second-order valence-corrected chi connectivity index (χ2v) is 11.9. The first kappa shape index (κ1) is 32.1. The van der Waals surface area contributed by atoms with Gasteiger partial charge in [0.15, 0.2) is 5.13 Å². The van der Waals surface area contributed by atoms with Gasteiger partial charge in [-0.15, -0.1) is 23.1 Å². The first-order chi connectivity index (χ1) is 22.2. The molecule has 0 atom stereocenters. The summed E-state index contributed by atoms with van der Waals surface area (Å²) in [6.45, 7) is 0. The number of nitrogens with zero attached hydrogens (tertiary/aromatic N) is 2. The van der Waals surface area contributed by atoms with Crippen LogP contribution in [0.15, 0.2) is 119 Å². The minimum atomic E-state index is -0.545. The highest BCUT2D eigenvalue weighted by Gasteiger charge is 2.16. The lowest BCUT2D eigenvalue weighted by molar-refractivity contribution is -0.384. The minimum absolute atomic E-state index is 0.00732. The van der Waals surface area contributed by atoms with E-state index in [-0.39, 0.29) is 23.0 Å². The molecule has 0 aliphatic heterocycles. The Morgan fingerprint density at radius 3 is 2.39 bits per heavy atom. The lowest BCUT2D eigenvalue weighted by Gasteiger charge is -2.12. The van der Waals surface area contributed by atoms with Crippen molar-refractivity contribution in [1.29, 1.82) is 0 Å². The fraction of sp³-hybridized carbons (Fsp3) is 0.0303. The second-order valence-electron chi connectivity index (χ2n) is 9.56. The van der Waals surface area contributed by atoms with E-state index < -0.39 is 16.7 Å². The molecule has 0 radical (unpaired) electrons. The molecule has 5 aromatic rings. The van der Waals surface area contributed by atoms with Crippen LogP contribution in [0, 0.1) is 10.1 Å². The smallest absolute Gasteiger partial charge is 0.272 e. The molecule has 3 N–H and O–H groups in total. The van der Waals surface area contributed by atoms with Gasteiger partial charge in [0.1, 0.15) is 5.70 Å². The first-order valence-electron chi connectivity index (χ1n) is 13.6. The van der Waals surface area contributed by atoms with Gasteiger partial charge in [-0.2, -0.15) is 0 Å². The third-order valence-electron chi connectivity index (χ3n) is 6.32. The number of non-ortho nitro benzene ring substituents is 1. The van der Waals surface area contributed by atoms with Crippen LogP contribution in [-0.2, 0) is 9.59 Å². The van der Waals surface area contributed by atoms with E-state index in [0.29, 0.717) is 38.2 Å². The third kappa shape index (κ3) is 8.66. The van der Waals surface area contributed by atoms with Crippen molar-refractivity contribution >= 4 is 75.0 Å².